The van der Waals surface area contributed by atoms with Crippen LogP contribution in [-0.4, -0.2) is 60.4 Å². The third-order valence-electron chi connectivity index (χ3n) is 3.65. The van der Waals surface area contributed by atoms with Gasteiger partial charge in [-0.15, -0.1) is 0 Å². The van der Waals surface area contributed by atoms with Crippen LogP contribution in [0.3, 0.4) is 0 Å². The number of hydrogen-bond donors (Lipinski definition) is 1. The number of amides is 1. The smallest absolute Gasteiger partial charge is 0.326 e. The Morgan fingerprint density at radius 2 is 2.16 bits per heavy atom. The topological polar surface area (TPSA) is 76.1 Å². The van der Waals surface area contributed by atoms with Gasteiger partial charge in [0.2, 0.25) is 5.91 Å². The van der Waals surface area contributed by atoms with Gasteiger partial charge >= 0.3 is 5.97 Å². The predicted octanol–water partition coefficient (Wildman–Crippen LogP) is 0.648. The Kier molecular flexibility index (Phi) is 5.15. The molecule has 2 rings (SSSR count). The van der Waals surface area contributed by atoms with Gasteiger partial charge in [-0.05, 0) is 25.7 Å². The summed E-state index contributed by atoms with van der Waals surface area (Å²) in [5, 5.41) is 9.01. The molecular weight excluding hydrogens is 250 g/mol. The summed E-state index contributed by atoms with van der Waals surface area (Å²) in [4.78, 5) is 24.3. The molecule has 2 heterocycles. The van der Waals surface area contributed by atoms with Gasteiger partial charge < -0.3 is 19.5 Å². The highest BCUT2D eigenvalue weighted by Crippen LogP contribution is 2.18. The highest BCUT2D eigenvalue weighted by molar-refractivity contribution is 5.84. The fourth-order valence-corrected chi connectivity index (χ4v) is 2.62. The van der Waals surface area contributed by atoms with E-state index in [2.05, 4.69) is 0 Å². The molecular formula is C13H21NO5. The van der Waals surface area contributed by atoms with Gasteiger partial charge in [-0.3, -0.25) is 4.79 Å². The number of carbonyl (C=O) groups is 2. The fourth-order valence-electron chi connectivity index (χ4n) is 2.62. The predicted molar refractivity (Wildman–Crippen MR) is 66.8 cm³/mol. The fraction of sp³-hybridized carbons (Fsp3) is 0.846. The van der Waals surface area contributed by atoms with Gasteiger partial charge in [0.05, 0.1) is 25.7 Å². The zero-order chi connectivity index (χ0) is 13.7. The molecule has 6 heteroatoms. The van der Waals surface area contributed by atoms with E-state index in [0.717, 1.165) is 25.9 Å². The molecule has 0 aliphatic carbocycles. The molecule has 0 unspecified atom stereocenters. The van der Waals surface area contributed by atoms with E-state index in [1.807, 2.05) is 0 Å². The van der Waals surface area contributed by atoms with E-state index >= 15 is 0 Å². The van der Waals surface area contributed by atoms with Gasteiger partial charge in [-0.1, -0.05) is 0 Å². The first-order valence-corrected chi connectivity index (χ1v) is 6.90. The van der Waals surface area contributed by atoms with Crippen molar-refractivity contribution in [2.45, 2.75) is 44.2 Å². The molecule has 2 aliphatic rings. The third-order valence-corrected chi connectivity index (χ3v) is 3.65. The standard InChI is InChI=1S/C13H21NO5/c15-12(14-6-1-4-11(14)13(16)17)5-8-18-9-10-3-2-7-19-10/h10-11H,1-9H2,(H,16,17)/t10-,11-/m0/s1. The van der Waals surface area contributed by atoms with Gasteiger partial charge in [0.1, 0.15) is 6.04 Å². The molecule has 19 heavy (non-hydrogen) atoms. The van der Waals surface area contributed by atoms with E-state index in [1.54, 1.807) is 0 Å². The Hall–Kier alpha value is -1.14. The average Bonchev–Trinajstić information content (AvgIpc) is 3.04. The summed E-state index contributed by atoms with van der Waals surface area (Å²) in [6.07, 6.45) is 3.81. The molecule has 1 amide bonds. The average molecular weight is 271 g/mol. The van der Waals surface area contributed by atoms with Crippen molar-refractivity contribution in [2.75, 3.05) is 26.4 Å². The normalized spacial score (nSPS) is 26.8. The second-order valence-corrected chi connectivity index (χ2v) is 5.04. The van der Waals surface area contributed by atoms with Crippen molar-refractivity contribution in [3.63, 3.8) is 0 Å². The number of carbonyl (C=O) groups excluding carboxylic acids is 1. The summed E-state index contributed by atoms with van der Waals surface area (Å²) in [5.74, 6) is -1.04. The number of carboxylic acid groups (broad SMARTS) is 1. The Morgan fingerprint density at radius 1 is 1.32 bits per heavy atom. The van der Waals surface area contributed by atoms with Crippen LogP contribution in [0.5, 0.6) is 0 Å². The number of aliphatic carboxylic acids is 1. The van der Waals surface area contributed by atoms with E-state index in [1.165, 1.54) is 4.90 Å². The number of likely N-dealkylation sites (tertiary alicyclic amines) is 1. The summed E-state index contributed by atoms with van der Waals surface area (Å²) >= 11 is 0. The van der Waals surface area contributed by atoms with Gasteiger partial charge in [-0.2, -0.15) is 0 Å². The van der Waals surface area contributed by atoms with Crippen molar-refractivity contribution < 1.29 is 24.2 Å². The lowest BCUT2D eigenvalue weighted by Gasteiger charge is -2.21. The number of carboxylic acids is 1. The molecule has 1 N–H and O–H groups in total. The summed E-state index contributed by atoms with van der Waals surface area (Å²) in [6, 6.07) is -0.648. The quantitative estimate of drug-likeness (QED) is 0.718. The van der Waals surface area contributed by atoms with E-state index in [0.29, 0.717) is 26.2 Å². The summed E-state index contributed by atoms with van der Waals surface area (Å²) < 4.78 is 10.8. The SMILES string of the molecule is O=C(O)[C@@H]1CCCN1C(=O)CCOC[C@@H]1CCCO1. The molecule has 0 aromatic carbocycles. The molecule has 0 bridgehead atoms. The van der Waals surface area contributed by atoms with Crippen LogP contribution < -0.4 is 0 Å². The lowest BCUT2D eigenvalue weighted by Crippen LogP contribution is -2.40. The number of hydrogen-bond acceptors (Lipinski definition) is 4. The molecule has 108 valence electrons. The molecule has 0 spiro atoms. The molecule has 2 fully saturated rings. The van der Waals surface area contributed by atoms with Gasteiger partial charge in [0.25, 0.3) is 0 Å². The largest absolute Gasteiger partial charge is 0.480 e. The molecule has 6 nitrogen and oxygen atoms in total. The lowest BCUT2D eigenvalue weighted by atomic mass is 10.2. The number of ether oxygens (including phenoxy) is 2. The summed E-state index contributed by atoms with van der Waals surface area (Å²) in [6.45, 7) is 2.19. The molecule has 0 radical (unpaired) electrons. The number of nitrogens with zero attached hydrogens (tertiary/aromatic N) is 1. The molecule has 2 saturated heterocycles. The maximum absolute atomic E-state index is 11.9. The minimum absolute atomic E-state index is 0.128. The van der Waals surface area contributed by atoms with Crippen LogP contribution in [0, 0.1) is 0 Å². The summed E-state index contributed by atoms with van der Waals surface area (Å²) in [7, 11) is 0. The molecule has 0 aromatic rings. The van der Waals surface area contributed by atoms with Gasteiger partial charge in [0.15, 0.2) is 0 Å². The van der Waals surface area contributed by atoms with E-state index in [9.17, 15) is 9.59 Å². The second kappa shape index (κ2) is 6.86. The number of rotatable bonds is 6. The third kappa shape index (κ3) is 3.91. The monoisotopic (exact) mass is 271 g/mol. The van der Waals surface area contributed by atoms with Crippen LogP contribution >= 0.6 is 0 Å². The van der Waals surface area contributed by atoms with E-state index < -0.39 is 12.0 Å². The van der Waals surface area contributed by atoms with Crippen molar-refractivity contribution in [1.29, 1.82) is 0 Å². The first kappa shape index (κ1) is 14.3. The van der Waals surface area contributed by atoms with Crippen LogP contribution in [0.15, 0.2) is 0 Å². The van der Waals surface area contributed by atoms with Crippen molar-refractivity contribution in [3.05, 3.63) is 0 Å². The Morgan fingerprint density at radius 3 is 2.84 bits per heavy atom. The molecule has 2 atom stereocenters. The van der Waals surface area contributed by atoms with Crippen LogP contribution in [0.1, 0.15) is 32.1 Å². The highest BCUT2D eigenvalue weighted by atomic mass is 16.5. The second-order valence-electron chi connectivity index (χ2n) is 5.04. The van der Waals surface area contributed by atoms with E-state index in [4.69, 9.17) is 14.6 Å². The highest BCUT2D eigenvalue weighted by Gasteiger charge is 2.33. The van der Waals surface area contributed by atoms with Crippen LogP contribution in [0.2, 0.25) is 0 Å². The zero-order valence-corrected chi connectivity index (χ0v) is 11.0. The zero-order valence-electron chi connectivity index (χ0n) is 11.0. The summed E-state index contributed by atoms with van der Waals surface area (Å²) in [5.41, 5.74) is 0. The van der Waals surface area contributed by atoms with Gasteiger partial charge in [0, 0.05) is 13.2 Å². The van der Waals surface area contributed by atoms with Crippen molar-refractivity contribution in [1.82, 2.24) is 4.90 Å². The minimum atomic E-state index is -0.911. The maximum Gasteiger partial charge on any atom is 0.326 e. The lowest BCUT2D eigenvalue weighted by molar-refractivity contribution is -0.148. The van der Waals surface area contributed by atoms with Crippen LogP contribution in [-0.2, 0) is 19.1 Å². The Balaban J connectivity index is 1.64. The maximum atomic E-state index is 11.9. The minimum Gasteiger partial charge on any atom is -0.480 e. The van der Waals surface area contributed by atoms with Crippen molar-refractivity contribution >= 4 is 11.9 Å². The Labute approximate surface area is 112 Å². The van der Waals surface area contributed by atoms with Crippen molar-refractivity contribution in [3.8, 4) is 0 Å². The van der Waals surface area contributed by atoms with E-state index in [-0.39, 0.29) is 18.4 Å². The molecule has 0 aromatic heterocycles. The first-order chi connectivity index (χ1) is 9.18. The van der Waals surface area contributed by atoms with Crippen LogP contribution in [0.4, 0.5) is 0 Å². The van der Waals surface area contributed by atoms with Crippen LogP contribution in [0.25, 0.3) is 0 Å². The van der Waals surface area contributed by atoms with Crippen molar-refractivity contribution in [2.24, 2.45) is 0 Å². The van der Waals surface area contributed by atoms with Gasteiger partial charge in [-0.25, -0.2) is 4.79 Å². The molecule has 2 aliphatic heterocycles. The Bertz CT molecular complexity index is 327. The first-order valence-electron chi connectivity index (χ1n) is 6.90. The molecule has 0 saturated carbocycles.